The van der Waals surface area contributed by atoms with Crippen molar-refractivity contribution < 1.29 is 9.90 Å². The van der Waals surface area contributed by atoms with E-state index in [1.807, 2.05) is 27.7 Å². The lowest BCUT2D eigenvalue weighted by molar-refractivity contribution is 0.114. The predicted molar refractivity (Wildman–Crippen MR) is 66.4 cm³/mol. The monoisotopic (exact) mass is 230 g/mol. The molecule has 0 aromatic rings. The predicted octanol–water partition coefficient (Wildman–Crippen LogP) is 1.88. The molecule has 4 heteroatoms. The highest BCUT2D eigenvalue weighted by Gasteiger charge is 2.14. The average molecular weight is 230 g/mol. The lowest BCUT2D eigenvalue weighted by Gasteiger charge is -2.19. The van der Waals surface area contributed by atoms with Crippen LogP contribution in [0, 0.1) is 5.92 Å². The van der Waals surface area contributed by atoms with Gasteiger partial charge in [0.1, 0.15) is 0 Å². The fraction of sp³-hybridized carbons (Fsp3) is 0.917. The number of hydrogen-bond donors (Lipinski definition) is 3. The summed E-state index contributed by atoms with van der Waals surface area (Å²) in [4.78, 5) is 11.5. The zero-order chi connectivity index (χ0) is 12.6. The molecule has 0 aliphatic rings. The highest BCUT2D eigenvalue weighted by atomic mass is 16.3. The molecule has 4 nitrogen and oxygen atoms in total. The van der Waals surface area contributed by atoms with Crippen molar-refractivity contribution >= 4 is 6.03 Å². The first kappa shape index (κ1) is 15.2. The second kappa shape index (κ2) is 8.39. The zero-order valence-electron chi connectivity index (χ0n) is 10.9. The quantitative estimate of drug-likeness (QED) is 0.625. The van der Waals surface area contributed by atoms with Gasteiger partial charge in [-0.2, -0.15) is 0 Å². The van der Waals surface area contributed by atoms with Crippen molar-refractivity contribution in [2.75, 3.05) is 6.54 Å². The van der Waals surface area contributed by atoms with Gasteiger partial charge >= 0.3 is 6.03 Å². The summed E-state index contributed by atoms with van der Waals surface area (Å²) < 4.78 is 0. The van der Waals surface area contributed by atoms with Crippen molar-refractivity contribution in [3.63, 3.8) is 0 Å². The lowest BCUT2D eigenvalue weighted by atomic mass is 10.0. The molecule has 0 aromatic carbocycles. The van der Waals surface area contributed by atoms with E-state index in [2.05, 4.69) is 10.6 Å². The Labute approximate surface area is 98.8 Å². The number of aliphatic hydroxyl groups is 1. The third-order valence-corrected chi connectivity index (χ3v) is 3.09. The van der Waals surface area contributed by atoms with Crippen LogP contribution < -0.4 is 10.6 Å². The average Bonchev–Trinajstić information content (AvgIpc) is 2.31. The zero-order valence-corrected chi connectivity index (χ0v) is 10.9. The summed E-state index contributed by atoms with van der Waals surface area (Å²) in [7, 11) is 0. The van der Waals surface area contributed by atoms with Crippen molar-refractivity contribution in [2.24, 2.45) is 5.92 Å². The van der Waals surface area contributed by atoms with Crippen LogP contribution in [0.5, 0.6) is 0 Å². The largest absolute Gasteiger partial charge is 0.391 e. The molecule has 0 saturated carbocycles. The van der Waals surface area contributed by atoms with Gasteiger partial charge in [-0.25, -0.2) is 4.79 Å². The van der Waals surface area contributed by atoms with Gasteiger partial charge in [0.25, 0.3) is 0 Å². The molecular weight excluding hydrogens is 204 g/mol. The Kier molecular flexibility index (Phi) is 7.99. The molecule has 0 bridgehead atoms. The van der Waals surface area contributed by atoms with Gasteiger partial charge in [-0.1, -0.05) is 34.1 Å². The molecule has 16 heavy (non-hydrogen) atoms. The maximum Gasteiger partial charge on any atom is 0.315 e. The molecule has 0 spiro atoms. The number of aliphatic hydroxyl groups excluding tert-OH is 1. The molecule has 0 fully saturated rings. The van der Waals surface area contributed by atoms with Gasteiger partial charge in [-0.15, -0.1) is 0 Å². The van der Waals surface area contributed by atoms with Crippen LogP contribution in [0.4, 0.5) is 4.79 Å². The third-order valence-electron chi connectivity index (χ3n) is 3.09. The van der Waals surface area contributed by atoms with Crippen LogP contribution >= 0.6 is 0 Å². The number of amides is 2. The van der Waals surface area contributed by atoms with Gasteiger partial charge < -0.3 is 15.7 Å². The van der Waals surface area contributed by atoms with E-state index in [9.17, 15) is 9.90 Å². The first-order valence-corrected chi connectivity index (χ1v) is 6.27. The van der Waals surface area contributed by atoms with Gasteiger partial charge in [0.05, 0.1) is 6.10 Å². The maximum atomic E-state index is 11.5. The molecule has 2 atom stereocenters. The maximum absolute atomic E-state index is 11.5. The van der Waals surface area contributed by atoms with Crippen LogP contribution in [0.25, 0.3) is 0 Å². The number of urea groups is 1. The molecule has 2 unspecified atom stereocenters. The number of hydrogen-bond acceptors (Lipinski definition) is 2. The number of carbonyl (C=O) groups excluding carboxylic acids is 1. The van der Waals surface area contributed by atoms with E-state index in [1.54, 1.807) is 0 Å². The summed E-state index contributed by atoms with van der Waals surface area (Å²) in [6, 6.07) is 0.0387. The van der Waals surface area contributed by atoms with E-state index in [-0.39, 0.29) is 18.0 Å². The van der Waals surface area contributed by atoms with Crippen molar-refractivity contribution in [1.29, 1.82) is 0 Å². The minimum atomic E-state index is -0.461. The summed E-state index contributed by atoms with van der Waals surface area (Å²) in [5, 5.41) is 15.2. The SMILES string of the molecule is CCC(CC)NC(=O)NCC(O)C(C)CC. The van der Waals surface area contributed by atoms with Crippen LogP contribution in [0.15, 0.2) is 0 Å². The summed E-state index contributed by atoms with van der Waals surface area (Å²) in [5.41, 5.74) is 0. The van der Waals surface area contributed by atoms with Crippen LogP contribution in [-0.4, -0.2) is 29.8 Å². The van der Waals surface area contributed by atoms with E-state index in [0.717, 1.165) is 19.3 Å². The minimum absolute atomic E-state index is 0.184. The summed E-state index contributed by atoms with van der Waals surface area (Å²) in [6.07, 6.45) is 2.31. The third kappa shape index (κ3) is 5.95. The molecule has 0 heterocycles. The molecular formula is C12H26N2O2. The topological polar surface area (TPSA) is 61.4 Å². The Morgan fingerprint density at radius 2 is 1.75 bits per heavy atom. The first-order chi connectivity index (χ1) is 7.54. The van der Waals surface area contributed by atoms with Crippen LogP contribution in [0.1, 0.15) is 47.0 Å². The second-order valence-corrected chi connectivity index (χ2v) is 4.32. The molecule has 0 aliphatic carbocycles. The minimum Gasteiger partial charge on any atom is -0.391 e. The van der Waals surface area contributed by atoms with E-state index >= 15 is 0 Å². The van der Waals surface area contributed by atoms with Crippen molar-refractivity contribution in [1.82, 2.24) is 10.6 Å². The summed E-state index contributed by atoms with van der Waals surface area (Å²) in [6.45, 7) is 8.41. The number of rotatable bonds is 7. The van der Waals surface area contributed by atoms with Crippen molar-refractivity contribution in [2.45, 2.75) is 59.1 Å². The Morgan fingerprint density at radius 3 is 2.19 bits per heavy atom. The standard InChI is InChI=1S/C12H26N2O2/c1-5-9(4)11(15)8-13-12(16)14-10(6-2)7-3/h9-11,15H,5-8H2,1-4H3,(H2,13,14,16). The van der Waals surface area contributed by atoms with Gasteiger partial charge in [0.15, 0.2) is 0 Å². The molecule has 0 radical (unpaired) electrons. The Bertz CT molecular complexity index is 193. The fourth-order valence-electron chi connectivity index (χ4n) is 1.40. The van der Waals surface area contributed by atoms with E-state index in [1.165, 1.54) is 0 Å². The highest BCUT2D eigenvalue weighted by Crippen LogP contribution is 2.05. The molecule has 2 amide bonds. The van der Waals surface area contributed by atoms with Crippen molar-refractivity contribution in [3.05, 3.63) is 0 Å². The van der Waals surface area contributed by atoms with E-state index < -0.39 is 6.10 Å². The van der Waals surface area contributed by atoms with Gasteiger partial charge in [-0.05, 0) is 18.8 Å². The molecule has 3 N–H and O–H groups in total. The Morgan fingerprint density at radius 1 is 1.19 bits per heavy atom. The lowest BCUT2D eigenvalue weighted by Crippen LogP contribution is -2.45. The first-order valence-electron chi connectivity index (χ1n) is 6.27. The van der Waals surface area contributed by atoms with E-state index in [4.69, 9.17) is 0 Å². The van der Waals surface area contributed by atoms with E-state index in [0.29, 0.717) is 6.54 Å². The molecule has 0 aliphatic heterocycles. The highest BCUT2D eigenvalue weighted by molar-refractivity contribution is 5.74. The summed E-state index contributed by atoms with van der Waals surface area (Å²) >= 11 is 0. The molecule has 0 rings (SSSR count). The Balaban J connectivity index is 3.80. The van der Waals surface area contributed by atoms with Crippen molar-refractivity contribution in [3.8, 4) is 0 Å². The van der Waals surface area contributed by atoms with Crippen LogP contribution in [-0.2, 0) is 0 Å². The van der Waals surface area contributed by atoms with Crippen LogP contribution in [0.2, 0.25) is 0 Å². The Hall–Kier alpha value is -0.770. The van der Waals surface area contributed by atoms with Gasteiger partial charge in [0, 0.05) is 12.6 Å². The van der Waals surface area contributed by atoms with Crippen LogP contribution in [0.3, 0.4) is 0 Å². The molecule has 0 saturated heterocycles. The number of carbonyl (C=O) groups is 1. The summed E-state index contributed by atoms with van der Waals surface area (Å²) in [5.74, 6) is 0.216. The molecule has 96 valence electrons. The van der Waals surface area contributed by atoms with Gasteiger partial charge in [-0.3, -0.25) is 0 Å². The normalized spacial score (nSPS) is 14.6. The smallest absolute Gasteiger partial charge is 0.315 e. The molecule has 0 aromatic heterocycles. The van der Waals surface area contributed by atoms with Gasteiger partial charge in [0.2, 0.25) is 0 Å². The number of nitrogens with one attached hydrogen (secondary N) is 2. The second-order valence-electron chi connectivity index (χ2n) is 4.32. The fourth-order valence-corrected chi connectivity index (χ4v) is 1.40.